The van der Waals surface area contributed by atoms with Gasteiger partial charge in [-0.2, -0.15) is 0 Å². The summed E-state index contributed by atoms with van der Waals surface area (Å²) in [6, 6.07) is 9.98. The number of morpholine rings is 1. The normalized spacial score (nSPS) is 17.5. The van der Waals surface area contributed by atoms with Crippen molar-refractivity contribution in [2.75, 3.05) is 25.4 Å². The molecule has 1 aromatic carbocycles. The van der Waals surface area contributed by atoms with Gasteiger partial charge in [0.15, 0.2) is 0 Å². The van der Waals surface area contributed by atoms with Crippen LogP contribution in [0.4, 0.5) is 10.2 Å². The van der Waals surface area contributed by atoms with Crippen molar-refractivity contribution in [3.05, 3.63) is 59.5 Å². The van der Waals surface area contributed by atoms with Crippen LogP contribution >= 0.6 is 0 Å². The van der Waals surface area contributed by atoms with Gasteiger partial charge in [-0.05, 0) is 48.2 Å². The lowest BCUT2D eigenvalue weighted by molar-refractivity contribution is -0.138. The zero-order valence-corrected chi connectivity index (χ0v) is 14.0. The number of hydrogen-bond donors (Lipinski definition) is 1. The number of benzene rings is 1. The summed E-state index contributed by atoms with van der Waals surface area (Å²) in [6.45, 7) is 1.67. The third-order valence-corrected chi connectivity index (χ3v) is 4.34. The molecule has 2 heterocycles. The molecule has 25 heavy (non-hydrogen) atoms. The Labute approximate surface area is 146 Å². The number of nitrogens with two attached hydrogens (primary N) is 1. The fraction of sp³-hybridized carbons (Fsp3) is 0.368. The van der Waals surface area contributed by atoms with Crippen molar-refractivity contribution in [1.29, 1.82) is 0 Å². The van der Waals surface area contributed by atoms with Crippen LogP contribution in [0.3, 0.4) is 0 Å². The molecular weight excluding hydrogens is 321 g/mol. The molecule has 3 rings (SSSR count). The van der Waals surface area contributed by atoms with Crippen molar-refractivity contribution in [2.45, 2.75) is 25.4 Å². The molecule has 5 nitrogen and oxygen atoms in total. The molecule has 1 aromatic heterocycles. The molecule has 0 unspecified atom stereocenters. The molecule has 2 aromatic rings. The summed E-state index contributed by atoms with van der Waals surface area (Å²) in [5.41, 5.74) is 7.50. The Bertz CT molecular complexity index is 738. The van der Waals surface area contributed by atoms with E-state index in [1.54, 1.807) is 23.2 Å². The third kappa shape index (κ3) is 5.00. The van der Waals surface area contributed by atoms with Crippen LogP contribution in [0.25, 0.3) is 0 Å². The minimum absolute atomic E-state index is 0.000371. The molecule has 2 N–H and O–H groups in total. The molecule has 1 fully saturated rings. The first kappa shape index (κ1) is 17.4. The lowest BCUT2D eigenvalue weighted by Crippen LogP contribution is -2.46. The maximum absolute atomic E-state index is 13.3. The second-order valence-electron chi connectivity index (χ2n) is 6.27. The van der Waals surface area contributed by atoms with Gasteiger partial charge in [0.1, 0.15) is 11.6 Å². The Balaban J connectivity index is 1.52. The lowest BCUT2D eigenvalue weighted by Gasteiger charge is -2.33. The number of carbonyl (C=O) groups excluding carboxylic acids is 1. The van der Waals surface area contributed by atoms with Gasteiger partial charge in [-0.15, -0.1) is 0 Å². The van der Waals surface area contributed by atoms with Crippen molar-refractivity contribution in [1.82, 2.24) is 9.88 Å². The van der Waals surface area contributed by atoms with E-state index in [0.29, 0.717) is 31.1 Å². The van der Waals surface area contributed by atoms with Crippen LogP contribution in [0, 0.1) is 5.82 Å². The maximum Gasteiger partial charge on any atom is 0.227 e. The maximum atomic E-state index is 13.3. The number of ether oxygens (including phenoxy) is 1. The fourth-order valence-electron chi connectivity index (χ4n) is 3.03. The molecule has 1 amide bonds. The number of aryl methyl sites for hydroxylation is 1. The average molecular weight is 343 g/mol. The highest BCUT2D eigenvalue weighted by Crippen LogP contribution is 2.15. The Morgan fingerprint density at radius 3 is 3.00 bits per heavy atom. The van der Waals surface area contributed by atoms with Crippen molar-refractivity contribution in [3.8, 4) is 0 Å². The monoisotopic (exact) mass is 343 g/mol. The number of halogens is 1. The van der Waals surface area contributed by atoms with Gasteiger partial charge in [-0.3, -0.25) is 4.79 Å². The first-order chi connectivity index (χ1) is 12.1. The van der Waals surface area contributed by atoms with Gasteiger partial charge in [0.25, 0.3) is 0 Å². The van der Waals surface area contributed by atoms with Crippen LogP contribution in [0.5, 0.6) is 0 Å². The molecule has 1 aliphatic heterocycles. The Morgan fingerprint density at radius 2 is 2.20 bits per heavy atom. The number of aromatic nitrogens is 1. The van der Waals surface area contributed by atoms with Crippen molar-refractivity contribution >= 4 is 11.7 Å². The van der Waals surface area contributed by atoms with E-state index in [1.165, 1.54) is 12.1 Å². The van der Waals surface area contributed by atoms with Crippen LogP contribution in [0.1, 0.15) is 17.5 Å². The van der Waals surface area contributed by atoms with Crippen molar-refractivity contribution < 1.29 is 13.9 Å². The highest BCUT2D eigenvalue weighted by Gasteiger charge is 2.24. The minimum Gasteiger partial charge on any atom is -0.384 e. The van der Waals surface area contributed by atoms with Crippen LogP contribution in [-0.4, -0.2) is 41.6 Å². The van der Waals surface area contributed by atoms with E-state index in [0.717, 1.165) is 18.4 Å². The summed E-state index contributed by atoms with van der Waals surface area (Å²) in [4.78, 5) is 18.3. The van der Waals surface area contributed by atoms with Crippen molar-refractivity contribution in [2.24, 2.45) is 0 Å². The Morgan fingerprint density at radius 1 is 1.32 bits per heavy atom. The average Bonchev–Trinajstić information content (AvgIpc) is 2.60. The summed E-state index contributed by atoms with van der Waals surface area (Å²) in [6.07, 6.45) is 3.54. The predicted octanol–water partition coefficient (Wildman–Crippen LogP) is 2.21. The van der Waals surface area contributed by atoms with E-state index >= 15 is 0 Å². The topological polar surface area (TPSA) is 68.5 Å². The molecular formula is C19H22FN3O2. The van der Waals surface area contributed by atoms with E-state index in [4.69, 9.17) is 10.5 Å². The SMILES string of the molecule is Nc1cc(CC[C@H]2CN(C(=O)Cc3cccc(F)c3)CCO2)ccn1. The Hall–Kier alpha value is -2.47. The molecule has 0 saturated carbocycles. The van der Waals surface area contributed by atoms with Gasteiger partial charge in [0.2, 0.25) is 5.91 Å². The Kier molecular flexibility index (Phi) is 5.60. The summed E-state index contributed by atoms with van der Waals surface area (Å²) >= 11 is 0. The quantitative estimate of drug-likeness (QED) is 0.904. The van der Waals surface area contributed by atoms with Crippen LogP contribution in [0.2, 0.25) is 0 Å². The van der Waals surface area contributed by atoms with Crippen LogP contribution < -0.4 is 5.73 Å². The number of nitrogens with zero attached hydrogens (tertiary/aromatic N) is 2. The molecule has 1 aliphatic rings. The minimum atomic E-state index is -0.318. The second kappa shape index (κ2) is 8.07. The molecule has 0 spiro atoms. The van der Waals surface area contributed by atoms with Crippen LogP contribution in [0.15, 0.2) is 42.6 Å². The molecule has 6 heteroatoms. The fourth-order valence-corrected chi connectivity index (χ4v) is 3.03. The van der Waals surface area contributed by atoms with Gasteiger partial charge >= 0.3 is 0 Å². The first-order valence-electron chi connectivity index (χ1n) is 8.44. The molecule has 1 saturated heterocycles. The molecule has 0 bridgehead atoms. The number of carbonyl (C=O) groups is 1. The first-order valence-corrected chi connectivity index (χ1v) is 8.44. The van der Waals surface area contributed by atoms with E-state index in [-0.39, 0.29) is 24.2 Å². The summed E-state index contributed by atoms with van der Waals surface area (Å²) in [7, 11) is 0. The van der Waals surface area contributed by atoms with Gasteiger partial charge in [-0.1, -0.05) is 12.1 Å². The zero-order valence-electron chi connectivity index (χ0n) is 14.0. The summed E-state index contributed by atoms with van der Waals surface area (Å²) < 4.78 is 19.0. The standard InChI is InChI=1S/C19H22FN3O2/c20-16-3-1-2-15(10-16)12-19(24)23-8-9-25-17(13-23)5-4-14-6-7-22-18(21)11-14/h1-3,6-7,10-11,17H,4-5,8-9,12-13H2,(H2,21,22)/t17-/m0/s1. The van der Waals surface area contributed by atoms with E-state index in [1.807, 2.05) is 12.1 Å². The third-order valence-electron chi connectivity index (χ3n) is 4.34. The smallest absolute Gasteiger partial charge is 0.227 e. The second-order valence-corrected chi connectivity index (χ2v) is 6.27. The highest BCUT2D eigenvalue weighted by molar-refractivity contribution is 5.78. The zero-order chi connectivity index (χ0) is 17.6. The molecule has 1 atom stereocenters. The number of nitrogen functional groups attached to an aromatic ring is 1. The number of pyridine rings is 1. The summed E-state index contributed by atoms with van der Waals surface area (Å²) in [5.74, 6) is 0.197. The van der Waals surface area contributed by atoms with Gasteiger partial charge in [-0.25, -0.2) is 9.37 Å². The van der Waals surface area contributed by atoms with E-state index in [9.17, 15) is 9.18 Å². The van der Waals surface area contributed by atoms with Gasteiger partial charge < -0.3 is 15.4 Å². The molecule has 132 valence electrons. The predicted molar refractivity (Wildman–Crippen MR) is 93.4 cm³/mol. The molecule has 0 radical (unpaired) electrons. The number of amides is 1. The lowest BCUT2D eigenvalue weighted by atomic mass is 10.1. The van der Waals surface area contributed by atoms with E-state index < -0.39 is 0 Å². The van der Waals surface area contributed by atoms with Crippen LogP contribution in [-0.2, 0) is 22.4 Å². The highest BCUT2D eigenvalue weighted by atomic mass is 19.1. The van der Waals surface area contributed by atoms with Gasteiger partial charge in [0.05, 0.1) is 19.1 Å². The number of hydrogen-bond acceptors (Lipinski definition) is 4. The number of anilines is 1. The van der Waals surface area contributed by atoms with E-state index in [2.05, 4.69) is 4.98 Å². The number of rotatable bonds is 5. The molecule has 0 aliphatic carbocycles. The summed E-state index contributed by atoms with van der Waals surface area (Å²) in [5, 5.41) is 0. The van der Waals surface area contributed by atoms with Crippen molar-refractivity contribution in [3.63, 3.8) is 0 Å². The van der Waals surface area contributed by atoms with Gasteiger partial charge in [0, 0.05) is 19.3 Å². The largest absolute Gasteiger partial charge is 0.384 e.